The Bertz CT molecular complexity index is 456. The van der Waals surface area contributed by atoms with Crippen LogP contribution in [0.5, 0.6) is 0 Å². The standard InChI is InChI=1S/C10H17NO3.C7H13NO3/c1-10(2,3)14-9(13)11-6-4-8(12)5-7-11;9-6-1-3-8(4-2-6)5-7(10)11/h4-7H2,1-3H3;6,9H,1-5H2,(H,10,11). The first-order valence-electron chi connectivity index (χ1n) is 8.68. The lowest BCUT2D eigenvalue weighted by Gasteiger charge is -2.29. The van der Waals surface area contributed by atoms with Gasteiger partial charge in [0.2, 0.25) is 0 Å². The number of aliphatic hydroxyl groups excluding tert-OH is 1. The maximum atomic E-state index is 11.5. The molecule has 2 heterocycles. The average Bonchev–Trinajstić information content (AvgIpc) is 2.49. The number of hydrogen-bond acceptors (Lipinski definition) is 6. The summed E-state index contributed by atoms with van der Waals surface area (Å²) < 4.78 is 5.19. The smallest absolute Gasteiger partial charge is 0.410 e. The summed E-state index contributed by atoms with van der Waals surface area (Å²) in [5.74, 6) is -0.564. The molecule has 8 heteroatoms. The lowest BCUT2D eigenvalue weighted by molar-refractivity contribution is -0.138. The maximum Gasteiger partial charge on any atom is 0.410 e. The normalized spacial score (nSPS) is 19.8. The number of amides is 1. The van der Waals surface area contributed by atoms with E-state index in [2.05, 4.69) is 0 Å². The Labute approximate surface area is 148 Å². The van der Waals surface area contributed by atoms with Crippen molar-refractivity contribution in [3.63, 3.8) is 0 Å². The quantitative estimate of drug-likeness (QED) is 0.761. The van der Waals surface area contributed by atoms with Crippen LogP contribution in [0.1, 0.15) is 46.5 Å². The molecule has 0 aromatic carbocycles. The van der Waals surface area contributed by atoms with Gasteiger partial charge in [-0.25, -0.2) is 4.79 Å². The molecule has 2 rings (SSSR count). The zero-order chi connectivity index (χ0) is 19.0. The Balaban J connectivity index is 0.000000257. The molecule has 0 aromatic heterocycles. The Hall–Kier alpha value is -1.67. The number of carbonyl (C=O) groups excluding carboxylic acids is 2. The number of aliphatic carboxylic acids is 1. The van der Waals surface area contributed by atoms with Gasteiger partial charge in [0, 0.05) is 39.0 Å². The molecule has 0 radical (unpaired) electrons. The fraction of sp³-hybridized carbons (Fsp3) is 0.824. The molecule has 0 atom stereocenters. The minimum absolute atomic E-state index is 0.104. The van der Waals surface area contributed by atoms with Crippen molar-refractivity contribution in [3.8, 4) is 0 Å². The minimum atomic E-state index is -0.790. The number of carboxylic acids is 1. The number of carbonyl (C=O) groups is 3. The van der Waals surface area contributed by atoms with Crippen LogP contribution in [-0.4, -0.2) is 82.3 Å². The van der Waals surface area contributed by atoms with Crippen LogP contribution in [-0.2, 0) is 14.3 Å². The van der Waals surface area contributed by atoms with Crippen molar-refractivity contribution in [1.82, 2.24) is 9.80 Å². The van der Waals surface area contributed by atoms with Crippen molar-refractivity contribution in [3.05, 3.63) is 0 Å². The van der Waals surface area contributed by atoms with E-state index in [4.69, 9.17) is 14.9 Å². The molecular formula is C17H30N2O6. The molecule has 0 unspecified atom stereocenters. The molecule has 144 valence electrons. The van der Waals surface area contributed by atoms with Gasteiger partial charge in [0.05, 0.1) is 12.6 Å². The zero-order valence-corrected chi connectivity index (χ0v) is 15.4. The van der Waals surface area contributed by atoms with E-state index in [1.165, 1.54) is 0 Å². The van der Waals surface area contributed by atoms with Gasteiger partial charge < -0.3 is 19.8 Å². The molecular weight excluding hydrogens is 328 g/mol. The summed E-state index contributed by atoms with van der Waals surface area (Å²) in [5.41, 5.74) is -0.460. The van der Waals surface area contributed by atoms with Gasteiger partial charge in [-0.2, -0.15) is 0 Å². The van der Waals surface area contributed by atoms with Gasteiger partial charge in [0.25, 0.3) is 0 Å². The summed E-state index contributed by atoms with van der Waals surface area (Å²) in [6.45, 7) is 8.00. The number of likely N-dealkylation sites (tertiary alicyclic amines) is 2. The zero-order valence-electron chi connectivity index (χ0n) is 15.4. The fourth-order valence-electron chi connectivity index (χ4n) is 2.53. The Kier molecular flexibility index (Phi) is 8.31. The van der Waals surface area contributed by atoms with E-state index in [0.717, 1.165) is 0 Å². The van der Waals surface area contributed by atoms with E-state index in [1.807, 2.05) is 25.7 Å². The van der Waals surface area contributed by atoms with Gasteiger partial charge in [0.1, 0.15) is 11.4 Å². The van der Waals surface area contributed by atoms with Gasteiger partial charge in [-0.3, -0.25) is 14.5 Å². The van der Waals surface area contributed by atoms with Crippen LogP contribution in [0.15, 0.2) is 0 Å². The van der Waals surface area contributed by atoms with E-state index < -0.39 is 11.6 Å². The molecule has 2 N–H and O–H groups in total. The molecule has 0 saturated carbocycles. The number of nitrogens with zero attached hydrogens (tertiary/aromatic N) is 2. The monoisotopic (exact) mass is 358 g/mol. The van der Waals surface area contributed by atoms with Crippen molar-refractivity contribution >= 4 is 17.8 Å². The second-order valence-corrected chi connectivity index (χ2v) is 7.41. The number of Topliss-reactive ketones (excluding diaryl/α,β-unsaturated/α-hetero) is 1. The number of piperidine rings is 2. The summed E-state index contributed by atoms with van der Waals surface area (Å²) in [6, 6.07) is 0. The molecule has 0 spiro atoms. The van der Waals surface area contributed by atoms with Crippen molar-refractivity contribution in [1.29, 1.82) is 0 Å². The van der Waals surface area contributed by atoms with Gasteiger partial charge in [-0.1, -0.05) is 0 Å². The molecule has 2 aliphatic heterocycles. The van der Waals surface area contributed by atoms with Gasteiger partial charge in [-0.15, -0.1) is 0 Å². The molecule has 0 bridgehead atoms. The molecule has 2 aliphatic rings. The summed E-state index contributed by atoms with van der Waals surface area (Å²) in [6.07, 6.45) is 1.78. The highest BCUT2D eigenvalue weighted by atomic mass is 16.6. The third-order valence-corrected chi connectivity index (χ3v) is 3.89. The van der Waals surface area contributed by atoms with Gasteiger partial charge in [0.15, 0.2) is 0 Å². The summed E-state index contributed by atoms with van der Waals surface area (Å²) in [7, 11) is 0. The number of carboxylic acid groups (broad SMARTS) is 1. The first-order chi connectivity index (χ1) is 11.6. The van der Waals surface area contributed by atoms with Crippen molar-refractivity contribution in [2.45, 2.75) is 58.2 Å². The summed E-state index contributed by atoms with van der Waals surface area (Å²) in [5, 5.41) is 17.5. The lowest BCUT2D eigenvalue weighted by atomic mass is 10.1. The molecule has 2 fully saturated rings. The van der Waals surface area contributed by atoms with Gasteiger partial charge in [-0.05, 0) is 33.6 Å². The first kappa shape index (κ1) is 21.4. The highest BCUT2D eigenvalue weighted by Gasteiger charge is 2.25. The molecule has 25 heavy (non-hydrogen) atoms. The van der Waals surface area contributed by atoms with E-state index in [0.29, 0.717) is 51.9 Å². The van der Waals surface area contributed by atoms with Crippen LogP contribution in [0.2, 0.25) is 0 Å². The SMILES string of the molecule is CC(C)(C)OC(=O)N1CCC(=O)CC1.O=C(O)CN1CCC(O)CC1. The number of rotatable bonds is 2. The molecule has 8 nitrogen and oxygen atoms in total. The van der Waals surface area contributed by atoms with Crippen molar-refractivity contribution < 1.29 is 29.3 Å². The van der Waals surface area contributed by atoms with Crippen LogP contribution in [0.3, 0.4) is 0 Å². The Morgan fingerprint density at radius 1 is 1.12 bits per heavy atom. The lowest BCUT2D eigenvalue weighted by Crippen LogP contribution is -2.41. The van der Waals surface area contributed by atoms with Crippen LogP contribution >= 0.6 is 0 Å². The van der Waals surface area contributed by atoms with E-state index >= 15 is 0 Å². The average molecular weight is 358 g/mol. The number of aliphatic hydroxyl groups is 1. The number of ketones is 1. The number of hydrogen-bond donors (Lipinski definition) is 2. The van der Waals surface area contributed by atoms with E-state index in [-0.39, 0.29) is 24.5 Å². The minimum Gasteiger partial charge on any atom is -0.480 e. The van der Waals surface area contributed by atoms with Crippen LogP contribution in [0, 0.1) is 0 Å². The van der Waals surface area contributed by atoms with Crippen LogP contribution in [0.25, 0.3) is 0 Å². The molecule has 0 aliphatic carbocycles. The second-order valence-electron chi connectivity index (χ2n) is 7.41. The highest BCUT2D eigenvalue weighted by Crippen LogP contribution is 2.13. The maximum absolute atomic E-state index is 11.5. The third kappa shape index (κ3) is 9.40. The predicted molar refractivity (Wildman–Crippen MR) is 91.4 cm³/mol. The largest absolute Gasteiger partial charge is 0.480 e. The van der Waals surface area contributed by atoms with Crippen LogP contribution < -0.4 is 0 Å². The first-order valence-corrected chi connectivity index (χ1v) is 8.68. The molecule has 0 aromatic rings. The Morgan fingerprint density at radius 2 is 1.64 bits per heavy atom. The van der Waals surface area contributed by atoms with Crippen LogP contribution in [0.4, 0.5) is 4.79 Å². The van der Waals surface area contributed by atoms with Crippen molar-refractivity contribution in [2.24, 2.45) is 0 Å². The van der Waals surface area contributed by atoms with Crippen molar-refractivity contribution in [2.75, 3.05) is 32.7 Å². The third-order valence-electron chi connectivity index (χ3n) is 3.89. The van der Waals surface area contributed by atoms with E-state index in [1.54, 1.807) is 4.90 Å². The predicted octanol–water partition coefficient (Wildman–Crippen LogP) is 1.11. The Morgan fingerprint density at radius 3 is 2.08 bits per heavy atom. The highest BCUT2D eigenvalue weighted by molar-refractivity contribution is 5.81. The molecule has 1 amide bonds. The molecule has 2 saturated heterocycles. The number of ether oxygens (including phenoxy) is 1. The van der Waals surface area contributed by atoms with E-state index in [9.17, 15) is 14.4 Å². The fourth-order valence-corrected chi connectivity index (χ4v) is 2.53. The summed E-state index contributed by atoms with van der Waals surface area (Å²) in [4.78, 5) is 36.1. The van der Waals surface area contributed by atoms with Gasteiger partial charge >= 0.3 is 12.1 Å². The summed E-state index contributed by atoms with van der Waals surface area (Å²) >= 11 is 0. The second kappa shape index (κ2) is 9.72. The topological polar surface area (TPSA) is 107 Å².